The van der Waals surface area contributed by atoms with E-state index in [2.05, 4.69) is 20.3 Å². The fourth-order valence-corrected chi connectivity index (χ4v) is 2.66. The molecule has 25 heavy (non-hydrogen) atoms. The molecule has 0 saturated carbocycles. The van der Waals surface area contributed by atoms with Crippen molar-refractivity contribution in [3.8, 4) is 11.4 Å². The highest BCUT2D eigenvalue weighted by atomic mass is 35.5. The highest BCUT2D eigenvalue weighted by Crippen LogP contribution is 2.26. The van der Waals surface area contributed by atoms with Crippen molar-refractivity contribution in [3.63, 3.8) is 0 Å². The first kappa shape index (κ1) is 17.2. The van der Waals surface area contributed by atoms with E-state index in [-0.39, 0.29) is 11.6 Å². The van der Waals surface area contributed by atoms with E-state index in [0.29, 0.717) is 40.8 Å². The summed E-state index contributed by atoms with van der Waals surface area (Å²) in [7, 11) is 0. The van der Waals surface area contributed by atoms with Gasteiger partial charge in [-0.1, -0.05) is 11.6 Å². The summed E-state index contributed by atoms with van der Waals surface area (Å²) in [6.45, 7) is 4.97. The lowest BCUT2D eigenvalue weighted by Gasteiger charge is -2.19. The van der Waals surface area contributed by atoms with Gasteiger partial charge in [0.05, 0.1) is 16.1 Å². The van der Waals surface area contributed by atoms with Crippen LogP contribution in [0, 0.1) is 5.82 Å². The van der Waals surface area contributed by atoms with Crippen LogP contribution in [-0.4, -0.2) is 39.0 Å². The average Bonchev–Trinajstić information content (AvgIpc) is 3.00. The summed E-state index contributed by atoms with van der Waals surface area (Å²) >= 11 is 5.91. The van der Waals surface area contributed by atoms with Crippen LogP contribution in [0.25, 0.3) is 22.6 Å². The molecule has 0 spiro atoms. The van der Waals surface area contributed by atoms with Crippen molar-refractivity contribution in [3.05, 3.63) is 41.3 Å². The maximum atomic E-state index is 14.3. The SMILES string of the molecule is CCN(CC)C(=O)Nc1ccc(F)c(-c2nc3ncc(Cl)cc3[nH]2)c1. The Morgan fingerprint density at radius 1 is 1.32 bits per heavy atom. The van der Waals surface area contributed by atoms with Gasteiger partial charge in [-0.15, -0.1) is 0 Å². The number of amides is 2. The molecular formula is C17H17ClFN5O. The number of carbonyl (C=O) groups excluding carboxylic acids is 1. The number of hydrogen-bond donors (Lipinski definition) is 2. The first-order valence-electron chi connectivity index (χ1n) is 7.89. The largest absolute Gasteiger partial charge is 0.336 e. The van der Waals surface area contributed by atoms with Crippen molar-refractivity contribution in [2.45, 2.75) is 13.8 Å². The third-order valence-corrected chi connectivity index (χ3v) is 4.03. The number of urea groups is 1. The normalized spacial score (nSPS) is 10.9. The molecule has 2 amide bonds. The number of pyridine rings is 1. The summed E-state index contributed by atoms with van der Waals surface area (Å²) < 4.78 is 14.3. The summed E-state index contributed by atoms with van der Waals surface area (Å²) in [4.78, 5) is 25.2. The molecule has 2 aromatic heterocycles. The molecule has 3 aromatic rings. The van der Waals surface area contributed by atoms with Crippen molar-refractivity contribution in [2.24, 2.45) is 0 Å². The van der Waals surface area contributed by atoms with Crippen molar-refractivity contribution < 1.29 is 9.18 Å². The number of benzene rings is 1. The molecule has 2 N–H and O–H groups in total. The third kappa shape index (κ3) is 3.56. The van der Waals surface area contributed by atoms with E-state index < -0.39 is 5.82 Å². The lowest BCUT2D eigenvalue weighted by Crippen LogP contribution is -2.34. The first-order chi connectivity index (χ1) is 12.0. The number of aromatic amines is 1. The van der Waals surface area contributed by atoms with Gasteiger partial charge in [0.15, 0.2) is 5.65 Å². The maximum Gasteiger partial charge on any atom is 0.321 e. The number of H-pyrrole nitrogens is 1. The predicted molar refractivity (Wildman–Crippen MR) is 96.2 cm³/mol. The van der Waals surface area contributed by atoms with E-state index in [4.69, 9.17) is 11.6 Å². The van der Waals surface area contributed by atoms with Gasteiger partial charge >= 0.3 is 6.03 Å². The minimum absolute atomic E-state index is 0.236. The average molecular weight is 362 g/mol. The number of rotatable bonds is 4. The molecule has 0 fully saturated rings. The second-order valence-electron chi connectivity index (χ2n) is 5.41. The van der Waals surface area contributed by atoms with Gasteiger partial charge < -0.3 is 15.2 Å². The highest BCUT2D eigenvalue weighted by molar-refractivity contribution is 6.31. The van der Waals surface area contributed by atoms with Gasteiger partial charge in [0.1, 0.15) is 11.6 Å². The smallest absolute Gasteiger partial charge is 0.321 e. The summed E-state index contributed by atoms with van der Waals surface area (Å²) in [5.41, 5.74) is 1.78. The molecule has 130 valence electrons. The number of aromatic nitrogens is 3. The van der Waals surface area contributed by atoms with E-state index in [1.54, 1.807) is 11.0 Å². The summed E-state index contributed by atoms with van der Waals surface area (Å²) in [6, 6.07) is 5.78. The Morgan fingerprint density at radius 3 is 2.80 bits per heavy atom. The zero-order valence-corrected chi connectivity index (χ0v) is 14.6. The molecule has 0 saturated heterocycles. The van der Waals surface area contributed by atoms with Crippen LogP contribution in [0.15, 0.2) is 30.5 Å². The highest BCUT2D eigenvalue weighted by Gasteiger charge is 2.14. The number of halogens is 2. The Balaban J connectivity index is 1.94. The molecule has 0 atom stereocenters. The Bertz CT molecular complexity index is 923. The molecule has 3 rings (SSSR count). The first-order valence-corrected chi connectivity index (χ1v) is 8.26. The van der Waals surface area contributed by atoms with Crippen molar-refractivity contribution in [1.82, 2.24) is 19.9 Å². The molecule has 0 radical (unpaired) electrons. The zero-order chi connectivity index (χ0) is 18.0. The van der Waals surface area contributed by atoms with Gasteiger partial charge in [-0.2, -0.15) is 0 Å². The quantitative estimate of drug-likeness (QED) is 0.728. The Morgan fingerprint density at radius 2 is 2.08 bits per heavy atom. The van der Waals surface area contributed by atoms with Crippen LogP contribution in [0.3, 0.4) is 0 Å². The lowest BCUT2D eigenvalue weighted by molar-refractivity contribution is 0.217. The molecular weight excluding hydrogens is 345 g/mol. The second-order valence-corrected chi connectivity index (χ2v) is 5.84. The van der Waals surface area contributed by atoms with Crippen LogP contribution in [0.1, 0.15) is 13.8 Å². The van der Waals surface area contributed by atoms with Crippen LogP contribution in [0.5, 0.6) is 0 Å². The van der Waals surface area contributed by atoms with Crippen LogP contribution in [0.4, 0.5) is 14.9 Å². The van der Waals surface area contributed by atoms with Crippen molar-refractivity contribution in [2.75, 3.05) is 18.4 Å². The maximum absolute atomic E-state index is 14.3. The Hall–Kier alpha value is -2.67. The Kier molecular flexibility index (Phi) is 4.85. The van der Waals surface area contributed by atoms with Gasteiger partial charge in [-0.05, 0) is 38.1 Å². The minimum atomic E-state index is -0.453. The number of hydrogen-bond acceptors (Lipinski definition) is 3. The minimum Gasteiger partial charge on any atom is -0.336 e. The second kappa shape index (κ2) is 7.06. The molecule has 0 unspecified atom stereocenters. The number of nitrogens with one attached hydrogen (secondary N) is 2. The van der Waals surface area contributed by atoms with E-state index >= 15 is 0 Å². The van der Waals surface area contributed by atoms with E-state index in [9.17, 15) is 9.18 Å². The summed E-state index contributed by atoms with van der Waals surface area (Å²) in [6.07, 6.45) is 1.48. The summed E-state index contributed by atoms with van der Waals surface area (Å²) in [5, 5.41) is 3.23. The molecule has 8 heteroatoms. The molecule has 0 aliphatic rings. The molecule has 6 nitrogen and oxygen atoms in total. The molecule has 0 aliphatic heterocycles. The number of imidazole rings is 1. The molecule has 0 aliphatic carbocycles. The van der Waals surface area contributed by atoms with Gasteiger partial charge in [0.2, 0.25) is 0 Å². The fraction of sp³-hybridized carbons (Fsp3) is 0.235. The van der Waals surface area contributed by atoms with E-state index in [1.165, 1.54) is 24.4 Å². The standard InChI is InChI=1S/C17H17ClFN5O/c1-3-24(4-2)17(25)21-11-5-6-13(19)12(8-11)15-22-14-7-10(18)9-20-16(14)23-15/h5-9H,3-4H2,1-2H3,(H,21,25)(H,20,22,23). The van der Waals surface area contributed by atoms with Crippen molar-refractivity contribution in [1.29, 1.82) is 0 Å². The van der Waals surface area contributed by atoms with Gasteiger partial charge in [-0.3, -0.25) is 0 Å². The van der Waals surface area contributed by atoms with Gasteiger partial charge in [-0.25, -0.2) is 19.2 Å². The predicted octanol–water partition coefficient (Wildman–Crippen LogP) is 4.29. The van der Waals surface area contributed by atoms with Crippen LogP contribution >= 0.6 is 11.6 Å². The van der Waals surface area contributed by atoms with Crippen LogP contribution < -0.4 is 5.32 Å². The molecule has 0 bridgehead atoms. The third-order valence-electron chi connectivity index (χ3n) is 3.83. The fourth-order valence-electron chi connectivity index (χ4n) is 2.50. The number of nitrogens with zero attached hydrogens (tertiary/aromatic N) is 3. The summed E-state index contributed by atoms with van der Waals surface area (Å²) in [5.74, 6) is -0.132. The lowest BCUT2D eigenvalue weighted by atomic mass is 10.1. The van der Waals surface area contributed by atoms with Crippen LogP contribution in [-0.2, 0) is 0 Å². The molecule has 2 heterocycles. The topological polar surface area (TPSA) is 73.9 Å². The molecule has 1 aromatic carbocycles. The van der Waals surface area contributed by atoms with Crippen LogP contribution in [0.2, 0.25) is 5.02 Å². The monoisotopic (exact) mass is 361 g/mol. The zero-order valence-electron chi connectivity index (χ0n) is 13.8. The number of fused-ring (bicyclic) bond motifs is 1. The van der Waals surface area contributed by atoms with Crippen molar-refractivity contribution >= 4 is 34.5 Å². The van der Waals surface area contributed by atoms with E-state index in [1.807, 2.05) is 13.8 Å². The Labute approximate surface area is 149 Å². The number of anilines is 1. The van der Waals surface area contributed by atoms with E-state index in [0.717, 1.165) is 0 Å². The van der Waals surface area contributed by atoms with Gasteiger partial charge in [0.25, 0.3) is 0 Å². The van der Waals surface area contributed by atoms with Gasteiger partial charge in [0, 0.05) is 25.0 Å². The number of carbonyl (C=O) groups is 1.